The summed E-state index contributed by atoms with van der Waals surface area (Å²) in [5, 5.41) is 22.1. The second-order valence-corrected chi connectivity index (χ2v) is 6.16. The average molecular weight is 448 g/mol. The third kappa shape index (κ3) is 8.30. The molecular weight excluding hydrogens is 429 g/mol. The molecule has 0 radical (unpaired) electrons. The SMILES string of the molecule is O=C([O-])C(F)(F)F.[NH3+]Cc1ccc(NC(=O)N2C(=O)CC2CC(=O)NCC(=O)O)cc1. The van der Waals surface area contributed by atoms with Crippen molar-refractivity contribution in [3.63, 3.8) is 0 Å². The first-order valence-electron chi connectivity index (χ1n) is 8.63. The zero-order valence-electron chi connectivity index (χ0n) is 15.9. The maximum Gasteiger partial charge on any atom is 0.430 e. The Morgan fingerprint density at radius 1 is 1.19 bits per heavy atom. The zero-order valence-corrected chi connectivity index (χ0v) is 15.9. The van der Waals surface area contributed by atoms with E-state index in [1.165, 1.54) is 0 Å². The Hall–Kier alpha value is -3.68. The molecule has 0 aliphatic carbocycles. The van der Waals surface area contributed by atoms with Crippen LogP contribution in [0.1, 0.15) is 18.4 Å². The normalized spacial score (nSPS) is 15.2. The largest absolute Gasteiger partial charge is 0.542 e. The van der Waals surface area contributed by atoms with Gasteiger partial charge in [-0.1, -0.05) is 12.1 Å². The number of aliphatic carboxylic acids is 2. The summed E-state index contributed by atoms with van der Waals surface area (Å²) in [6, 6.07) is 5.87. The van der Waals surface area contributed by atoms with Gasteiger partial charge in [0.2, 0.25) is 11.8 Å². The molecular formula is C17H19F3N4O7. The number of urea groups is 1. The van der Waals surface area contributed by atoms with Crippen LogP contribution < -0.4 is 21.5 Å². The fourth-order valence-electron chi connectivity index (χ4n) is 2.32. The first kappa shape index (κ1) is 25.4. The van der Waals surface area contributed by atoms with Gasteiger partial charge in [0, 0.05) is 24.1 Å². The van der Waals surface area contributed by atoms with E-state index in [2.05, 4.69) is 16.4 Å². The third-order valence-electron chi connectivity index (χ3n) is 3.85. The van der Waals surface area contributed by atoms with Crippen molar-refractivity contribution in [1.29, 1.82) is 0 Å². The molecule has 170 valence electrons. The molecule has 1 atom stereocenters. The number of carboxylic acids is 2. The second-order valence-electron chi connectivity index (χ2n) is 6.16. The number of hydrogen-bond donors (Lipinski definition) is 4. The topological polar surface area (TPSA) is 184 Å². The molecule has 0 aromatic heterocycles. The van der Waals surface area contributed by atoms with Crippen LogP contribution in [0.3, 0.4) is 0 Å². The molecule has 1 saturated heterocycles. The summed E-state index contributed by atoms with van der Waals surface area (Å²) in [6.45, 7) is 0.136. The molecule has 0 bridgehead atoms. The molecule has 1 aliphatic heterocycles. The Labute approximate surface area is 173 Å². The van der Waals surface area contributed by atoms with Gasteiger partial charge in [0.25, 0.3) is 0 Å². The van der Waals surface area contributed by atoms with E-state index in [4.69, 9.17) is 15.0 Å². The maximum atomic E-state index is 12.2. The first-order valence-corrected chi connectivity index (χ1v) is 8.63. The Morgan fingerprint density at radius 2 is 1.74 bits per heavy atom. The summed E-state index contributed by atoms with van der Waals surface area (Å²) in [5.74, 6) is -5.06. The van der Waals surface area contributed by atoms with Crippen LogP contribution in [-0.2, 0) is 25.7 Å². The molecule has 4 amide bonds. The molecule has 0 saturated carbocycles. The Kier molecular flexibility index (Phi) is 8.93. The predicted octanol–water partition coefficient (Wildman–Crippen LogP) is -1.55. The van der Waals surface area contributed by atoms with Crippen LogP contribution >= 0.6 is 0 Å². The first-order chi connectivity index (χ1) is 14.3. The van der Waals surface area contributed by atoms with Gasteiger partial charge in [-0.2, -0.15) is 13.2 Å². The van der Waals surface area contributed by atoms with E-state index in [1.807, 2.05) is 12.1 Å². The van der Waals surface area contributed by atoms with E-state index in [0.29, 0.717) is 12.2 Å². The summed E-state index contributed by atoms with van der Waals surface area (Å²) < 4.78 is 31.5. The van der Waals surface area contributed by atoms with Gasteiger partial charge in [-0.25, -0.2) is 4.79 Å². The van der Waals surface area contributed by atoms with Crippen molar-refractivity contribution < 1.29 is 53.1 Å². The lowest BCUT2D eigenvalue weighted by Crippen LogP contribution is -2.58. The quantitative estimate of drug-likeness (QED) is 0.380. The third-order valence-corrected chi connectivity index (χ3v) is 3.85. The summed E-state index contributed by atoms with van der Waals surface area (Å²) in [4.78, 5) is 55.6. The van der Waals surface area contributed by atoms with Crippen LogP contribution in [-0.4, -0.2) is 58.6 Å². The van der Waals surface area contributed by atoms with Gasteiger partial charge in [-0.15, -0.1) is 0 Å². The molecule has 2 rings (SSSR count). The summed E-state index contributed by atoms with van der Waals surface area (Å²) >= 11 is 0. The van der Waals surface area contributed by atoms with Crippen LogP contribution in [0.25, 0.3) is 0 Å². The molecule has 1 fully saturated rings. The molecule has 31 heavy (non-hydrogen) atoms. The van der Waals surface area contributed by atoms with Gasteiger partial charge in [0.05, 0.1) is 12.6 Å². The van der Waals surface area contributed by atoms with Crippen molar-refractivity contribution in [2.75, 3.05) is 11.9 Å². The number of carbonyl (C=O) groups excluding carboxylic acids is 4. The number of carbonyl (C=O) groups is 5. The number of hydrogen-bond acceptors (Lipinski definition) is 6. The van der Waals surface area contributed by atoms with Crippen molar-refractivity contribution in [2.45, 2.75) is 31.6 Å². The molecule has 1 unspecified atom stereocenters. The Morgan fingerprint density at radius 3 is 2.16 bits per heavy atom. The van der Waals surface area contributed by atoms with Gasteiger partial charge < -0.3 is 31.4 Å². The molecule has 6 N–H and O–H groups in total. The number of benzene rings is 1. The minimum absolute atomic E-state index is 0.0777. The number of amides is 4. The molecule has 1 aliphatic rings. The molecule has 11 nitrogen and oxygen atoms in total. The number of β-lactam (4-membered cyclic amide) rings is 1. The highest BCUT2D eigenvalue weighted by Crippen LogP contribution is 2.23. The lowest BCUT2D eigenvalue weighted by atomic mass is 9.99. The number of quaternary nitrogens is 1. The van der Waals surface area contributed by atoms with Crippen LogP contribution in [0.4, 0.5) is 23.7 Å². The van der Waals surface area contributed by atoms with Crippen LogP contribution in [0.5, 0.6) is 0 Å². The minimum Gasteiger partial charge on any atom is -0.542 e. The Bertz CT molecular complexity index is 843. The van der Waals surface area contributed by atoms with E-state index in [9.17, 15) is 32.3 Å². The number of anilines is 1. The fraction of sp³-hybridized carbons (Fsp3) is 0.353. The van der Waals surface area contributed by atoms with Gasteiger partial charge in [0.15, 0.2) is 0 Å². The van der Waals surface area contributed by atoms with E-state index in [-0.39, 0.29) is 18.7 Å². The average Bonchev–Trinajstić information content (AvgIpc) is 2.66. The van der Waals surface area contributed by atoms with Crippen molar-refractivity contribution in [3.8, 4) is 0 Å². The highest BCUT2D eigenvalue weighted by molar-refractivity contribution is 6.05. The standard InChI is InChI=1S/C15H18N4O5.C2HF3O2/c16-7-9-1-3-10(4-2-9)18-15(24)19-11(6-13(19)21)5-12(20)17-8-14(22)23;3-2(4,5)1(6)7/h1-4,11H,5-8,16H2,(H,17,20)(H,18,24)(H,22,23);(H,6,7). The summed E-state index contributed by atoms with van der Waals surface area (Å²) in [5.41, 5.74) is 5.30. The number of imide groups is 1. The van der Waals surface area contributed by atoms with Crippen LogP contribution in [0.2, 0.25) is 0 Å². The van der Waals surface area contributed by atoms with Gasteiger partial charge >= 0.3 is 18.2 Å². The molecule has 14 heteroatoms. The number of halogens is 3. The number of carboxylic acid groups (broad SMARTS) is 2. The fourth-order valence-corrected chi connectivity index (χ4v) is 2.32. The van der Waals surface area contributed by atoms with Gasteiger partial charge in [0.1, 0.15) is 12.5 Å². The zero-order chi connectivity index (χ0) is 23.8. The van der Waals surface area contributed by atoms with E-state index >= 15 is 0 Å². The summed E-state index contributed by atoms with van der Waals surface area (Å²) in [6.07, 6.45) is -5.23. The molecule has 1 aromatic rings. The number of likely N-dealkylation sites (tertiary alicyclic amines) is 1. The lowest BCUT2D eigenvalue weighted by Gasteiger charge is -2.38. The summed E-state index contributed by atoms with van der Waals surface area (Å²) in [7, 11) is 0. The van der Waals surface area contributed by atoms with E-state index in [0.717, 1.165) is 10.5 Å². The maximum absolute atomic E-state index is 12.2. The van der Waals surface area contributed by atoms with Crippen molar-refractivity contribution in [1.82, 2.24) is 10.2 Å². The Balaban J connectivity index is 0.000000592. The number of rotatable bonds is 6. The smallest absolute Gasteiger partial charge is 0.430 e. The van der Waals surface area contributed by atoms with Crippen molar-refractivity contribution in [3.05, 3.63) is 29.8 Å². The van der Waals surface area contributed by atoms with Crippen LogP contribution in [0, 0.1) is 0 Å². The van der Waals surface area contributed by atoms with E-state index < -0.39 is 42.6 Å². The number of alkyl halides is 3. The van der Waals surface area contributed by atoms with Crippen LogP contribution in [0.15, 0.2) is 24.3 Å². The second kappa shape index (κ2) is 10.9. The van der Waals surface area contributed by atoms with Crippen molar-refractivity contribution >= 4 is 35.5 Å². The van der Waals surface area contributed by atoms with Gasteiger partial charge in [-0.3, -0.25) is 19.3 Å². The predicted molar refractivity (Wildman–Crippen MR) is 93.6 cm³/mol. The molecule has 0 spiro atoms. The van der Waals surface area contributed by atoms with E-state index in [1.54, 1.807) is 12.1 Å². The molecule has 1 heterocycles. The highest BCUT2D eigenvalue weighted by atomic mass is 19.4. The monoisotopic (exact) mass is 448 g/mol. The number of nitrogens with one attached hydrogen (secondary N) is 2. The highest BCUT2D eigenvalue weighted by Gasteiger charge is 2.41. The lowest BCUT2D eigenvalue weighted by molar-refractivity contribution is -0.386. The van der Waals surface area contributed by atoms with Gasteiger partial charge in [-0.05, 0) is 12.1 Å². The minimum atomic E-state index is -5.19. The number of nitrogens with zero attached hydrogens (tertiary/aromatic N) is 1. The van der Waals surface area contributed by atoms with Crippen molar-refractivity contribution in [2.24, 2.45) is 0 Å². The molecule has 1 aromatic carbocycles.